The lowest BCUT2D eigenvalue weighted by Crippen LogP contribution is -2.48. The van der Waals surface area contributed by atoms with E-state index in [2.05, 4.69) is 26.0 Å². The van der Waals surface area contributed by atoms with E-state index in [0.29, 0.717) is 19.3 Å². The zero-order valence-electron chi connectivity index (χ0n) is 13.5. The van der Waals surface area contributed by atoms with Gasteiger partial charge in [0.15, 0.2) is 0 Å². The van der Waals surface area contributed by atoms with Crippen LogP contribution in [0.4, 0.5) is 0 Å². The number of ether oxygens (including phenoxy) is 1. The average Bonchev–Trinajstić information content (AvgIpc) is 3.30. The number of rotatable bonds is 6. The van der Waals surface area contributed by atoms with Crippen molar-refractivity contribution in [2.24, 2.45) is 5.41 Å². The van der Waals surface area contributed by atoms with Crippen LogP contribution in [0.15, 0.2) is 18.2 Å². The normalized spacial score (nSPS) is 21.0. The van der Waals surface area contributed by atoms with Gasteiger partial charge in [-0.05, 0) is 37.3 Å². The summed E-state index contributed by atoms with van der Waals surface area (Å²) in [6.07, 6.45) is 4.23. The second kappa shape index (κ2) is 6.61. The molecule has 1 aliphatic heterocycles. The predicted octanol–water partition coefficient (Wildman–Crippen LogP) is 1.92. The molecule has 22 heavy (non-hydrogen) atoms. The predicted molar refractivity (Wildman–Crippen MR) is 86.6 cm³/mol. The number of hydrogen-bond donors (Lipinski definition) is 1. The fourth-order valence-electron chi connectivity index (χ4n) is 2.57. The van der Waals surface area contributed by atoms with E-state index in [1.54, 1.807) is 0 Å². The van der Waals surface area contributed by atoms with Crippen molar-refractivity contribution in [1.82, 2.24) is 0 Å². The smallest absolute Gasteiger partial charge is 0.491 e. The molecule has 2 aliphatic rings. The lowest BCUT2D eigenvalue weighted by atomic mass is 9.74. The van der Waals surface area contributed by atoms with Crippen LogP contribution >= 0.6 is 0 Å². The Kier molecular flexibility index (Phi) is 4.76. The van der Waals surface area contributed by atoms with Gasteiger partial charge in [0.1, 0.15) is 5.75 Å². The molecule has 0 aromatic heterocycles. The van der Waals surface area contributed by atoms with E-state index in [-0.39, 0.29) is 19.1 Å². The fraction of sp³-hybridized carbons (Fsp3) is 0.647. The van der Waals surface area contributed by atoms with Crippen molar-refractivity contribution in [3.8, 4) is 5.75 Å². The summed E-state index contributed by atoms with van der Waals surface area (Å²) in [5.74, 6) is 0.875. The SMILES string of the molecule is CC1(C)COB(c2cc(CCCO)ccc2OC2CC2)OC1. The average molecular weight is 304 g/mol. The Balaban J connectivity index is 1.78. The molecule has 0 amide bonds. The summed E-state index contributed by atoms with van der Waals surface area (Å²) >= 11 is 0. The Hall–Kier alpha value is -1.04. The maximum Gasteiger partial charge on any atom is 0.497 e. The third-order valence-corrected chi connectivity index (χ3v) is 4.02. The first kappa shape index (κ1) is 15.8. The van der Waals surface area contributed by atoms with Crippen LogP contribution in [0.2, 0.25) is 0 Å². The molecule has 0 radical (unpaired) electrons. The maximum absolute atomic E-state index is 9.01. The summed E-state index contributed by atoms with van der Waals surface area (Å²) in [5, 5.41) is 9.01. The third-order valence-electron chi connectivity index (χ3n) is 4.02. The number of benzene rings is 1. The molecule has 3 rings (SSSR count). The van der Waals surface area contributed by atoms with Crippen LogP contribution in [0.5, 0.6) is 5.75 Å². The zero-order chi connectivity index (χ0) is 15.6. The molecule has 2 fully saturated rings. The molecule has 120 valence electrons. The van der Waals surface area contributed by atoms with Crippen LogP contribution in [0, 0.1) is 5.41 Å². The molecular weight excluding hydrogens is 279 g/mol. The van der Waals surface area contributed by atoms with Gasteiger partial charge in [0.25, 0.3) is 0 Å². The van der Waals surface area contributed by atoms with E-state index in [1.807, 2.05) is 6.07 Å². The zero-order valence-corrected chi connectivity index (χ0v) is 13.5. The minimum absolute atomic E-state index is 0.0580. The highest BCUT2D eigenvalue weighted by Gasteiger charge is 2.36. The van der Waals surface area contributed by atoms with E-state index >= 15 is 0 Å². The van der Waals surface area contributed by atoms with Crippen molar-refractivity contribution in [2.45, 2.75) is 45.6 Å². The molecule has 1 heterocycles. The quantitative estimate of drug-likeness (QED) is 0.816. The van der Waals surface area contributed by atoms with E-state index < -0.39 is 0 Å². The second-order valence-corrected chi connectivity index (χ2v) is 7.13. The summed E-state index contributed by atoms with van der Waals surface area (Å²) in [7, 11) is -0.351. The van der Waals surface area contributed by atoms with Crippen LogP contribution < -0.4 is 10.2 Å². The lowest BCUT2D eigenvalue weighted by Gasteiger charge is -2.33. The topological polar surface area (TPSA) is 47.9 Å². The molecule has 0 unspecified atom stereocenters. The standard InChI is InChI=1S/C17H25BO4/c1-17(2)11-20-18(21-12-17)15-10-13(4-3-9-19)5-8-16(15)22-14-6-7-14/h5,8,10,14,19H,3-4,6-7,9,11-12H2,1-2H3. The van der Waals surface area contributed by atoms with Crippen LogP contribution in [-0.2, 0) is 15.7 Å². The Bertz CT molecular complexity index is 503. The second-order valence-electron chi connectivity index (χ2n) is 7.13. The number of hydrogen-bond acceptors (Lipinski definition) is 4. The summed E-state index contributed by atoms with van der Waals surface area (Å²) in [6, 6.07) is 6.20. The number of aliphatic hydroxyl groups excluding tert-OH is 1. The first-order valence-electron chi connectivity index (χ1n) is 8.21. The summed E-state index contributed by atoms with van der Waals surface area (Å²) in [4.78, 5) is 0. The van der Waals surface area contributed by atoms with Gasteiger partial charge in [-0.3, -0.25) is 0 Å². The summed E-state index contributed by atoms with van der Waals surface area (Å²) in [5.41, 5.74) is 2.23. The van der Waals surface area contributed by atoms with Gasteiger partial charge in [0.05, 0.1) is 6.10 Å². The van der Waals surface area contributed by atoms with Crippen LogP contribution in [0.25, 0.3) is 0 Å². The number of aliphatic hydroxyl groups is 1. The van der Waals surface area contributed by atoms with Crippen molar-refractivity contribution < 1.29 is 19.2 Å². The van der Waals surface area contributed by atoms with Crippen molar-refractivity contribution in [1.29, 1.82) is 0 Å². The Labute approximate surface area is 132 Å². The van der Waals surface area contributed by atoms with Crippen molar-refractivity contribution in [2.75, 3.05) is 19.8 Å². The molecule has 1 N–H and O–H groups in total. The minimum Gasteiger partial charge on any atom is -0.491 e. The molecule has 0 spiro atoms. The van der Waals surface area contributed by atoms with Crippen LogP contribution in [-0.4, -0.2) is 38.1 Å². The lowest BCUT2D eigenvalue weighted by molar-refractivity contribution is 0.0340. The van der Waals surface area contributed by atoms with E-state index in [0.717, 1.165) is 36.9 Å². The van der Waals surface area contributed by atoms with Gasteiger partial charge >= 0.3 is 7.12 Å². The molecule has 1 saturated heterocycles. The largest absolute Gasteiger partial charge is 0.497 e. The van der Waals surface area contributed by atoms with Gasteiger partial charge in [-0.1, -0.05) is 26.0 Å². The highest BCUT2D eigenvalue weighted by molar-refractivity contribution is 6.62. The highest BCUT2D eigenvalue weighted by atomic mass is 16.6. The van der Waals surface area contributed by atoms with Crippen molar-refractivity contribution in [3.05, 3.63) is 23.8 Å². The fourth-order valence-corrected chi connectivity index (χ4v) is 2.57. The van der Waals surface area contributed by atoms with Gasteiger partial charge in [-0.25, -0.2) is 0 Å². The van der Waals surface area contributed by atoms with Gasteiger partial charge < -0.3 is 19.2 Å². The van der Waals surface area contributed by atoms with Crippen molar-refractivity contribution >= 4 is 12.6 Å². The monoisotopic (exact) mass is 304 g/mol. The van der Waals surface area contributed by atoms with Gasteiger partial charge in [-0.15, -0.1) is 0 Å². The maximum atomic E-state index is 9.01. The highest BCUT2D eigenvalue weighted by Crippen LogP contribution is 2.28. The van der Waals surface area contributed by atoms with Gasteiger partial charge in [0.2, 0.25) is 0 Å². The Morgan fingerprint density at radius 3 is 2.64 bits per heavy atom. The molecule has 0 bridgehead atoms. The van der Waals surface area contributed by atoms with Crippen molar-refractivity contribution in [3.63, 3.8) is 0 Å². The van der Waals surface area contributed by atoms with Gasteiger partial charge in [0, 0.05) is 30.7 Å². The summed E-state index contributed by atoms with van der Waals surface area (Å²) in [6.45, 7) is 5.86. The van der Waals surface area contributed by atoms with E-state index in [9.17, 15) is 0 Å². The van der Waals surface area contributed by atoms with Crippen LogP contribution in [0.1, 0.15) is 38.7 Å². The van der Waals surface area contributed by atoms with E-state index in [4.69, 9.17) is 19.2 Å². The number of aryl methyl sites for hydroxylation is 1. The minimum atomic E-state index is -0.351. The Morgan fingerprint density at radius 1 is 1.27 bits per heavy atom. The third kappa shape index (κ3) is 4.03. The Morgan fingerprint density at radius 2 is 2.00 bits per heavy atom. The first-order chi connectivity index (χ1) is 10.6. The molecule has 5 heteroatoms. The molecule has 1 aromatic carbocycles. The molecule has 1 aromatic rings. The first-order valence-corrected chi connectivity index (χ1v) is 8.21. The molecule has 1 aliphatic carbocycles. The molecular formula is C17H25BO4. The molecule has 4 nitrogen and oxygen atoms in total. The van der Waals surface area contributed by atoms with Gasteiger partial charge in [-0.2, -0.15) is 0 Å². The van der Waals surface area contributed by atoms with E-state index in [1.165, 1.54) is 5.56 Å². The molecule has 0 atom stereocenters. The van der Waals surface area contributed by atoms with Crippen LogP contribution in [0.3, 0.4) is 0 Å². The summed E-state index contributed by atoms with van der Waals surface area (Å²) < 4.78 is 17.9. The molecule has 1 saturated carbocycles.